The minimum atomic E-state index is -0.188. The minimum absolute atomic E-state index is 0.152. The average molecular weight is 382 g/mol. The first-order valence-corrected chi connectivity index (χ1v) is 8.63. The molecule has 1 amide bonds. The number of carbonyl (C=O) groups is 1. The van der Waals surface area contributed by atoms with Gasteiger partial charge < -0.3 is 10.3 Å². The molecular formula is C15H16BrN3O2S. The van der Waals surface area contributed by atoms with Crippen LogP contribution >= 0.6 is 27.7 Å². The Balaban J connectivity index is 1.96. The molecule has 0 unspecified atom stereocenters. The van der Waals surface area contributed by atoms with E-state index in [0.29, 0.717) is 10.8 Å². The molecule has 0 fully saturated rings. The molecule has 2 aromatic rings. The van der Waals surface area contributed by atoms with E-state index in [2.05, 4.69) is 31.2 Å². The SMILES string of the molecule is CCCc1cc(=O)[nH]c(SCC(=O)Nc2ccccc2Br)n1. The first-order valence-electron chi connectivity index (χ1n) is 6.86. The Kier molecular flexibility index (Phi) is 6.21. The zero-order valence-electron chi connectivity index (χ0n) is 12.1. The highest BCUT2D eigenvalue weighted by atomic mass is 79.9. The number of anilines is 1. The molecule has 1 aromatic carbocycles. The lowest BCUT2D eigenvalue weighted by Crippen LogP contribution is -2.16. The molecule has 1 heterocycles. The van der Waals surface area contributed by atoms with E-state index < -0.39 is 0 Å². The number of H-pyrrole nitrogens is 1. The summed E-state index contributed by atoms with van der Waals surface area (Å²) in [5, 5.41) is 3.28. The van der Waals surface area contributed by atoms with Crippen molar-refractivity contribution in [1.82, 2.24) is 9.97 Å². The lowest BCUT2D eigenvalue weighted by molar-refractivity contribution is -0.113. The van der Waals surface area contributed by atoms with Crippen LogP contribution in [0.2, 0.25) is 0 Å². The molecule has 2 rings (SSSR count). The van der Waals surface area contributed by atoms with Crippen molar-refractivity contribution in [2.45, 2.75) is 24.9 Å². The molecule has 0 aliphatic rings. The fourth-order valence-electron chi connectivity index (χ4n) is 1.82. The highest BCUT2D eigenvalue weighted by Gasteiger charge is 2.08. The fraction of sp³-hybridized carbons (Fsp3) is 0.267. The summed E-state index contributed by atoms with van der Waals surface area (Å²) in [6.45, 7) is 2.03. The van der Waals surface area contributed by atoms with Gasteiger partial charge in [0.2, 0.25) is 5.91 Å². The summed E-state index contributed by atoms with van der Waals surface area (Å²) in [6.07, 6.45) is 1.67. The van der Waals surface area contributed by atoms with Crippen molar-refractivity contribution < 1.29 is 4.79 Å². The average Bonchev–Trinajstić information content (AvgIpc) is 2.47. The topological polar surface area (TPSA) is 74.8 Å². The van der Waals surface area contributed by atoms with Gasteiger partial charge in [0.1, 0.15) is 0 Å². The number of benzene rings is 1. The van der Waals surface area contributed by atoms with Crippen molar-refractivity contribution in [2.24, 2.45) is 0 Å². The maximum Gasteiger partial charge on any atom is 0.251 e. The first kappa shape index (κ1) is 16.8. The Bertz CT molecular complexity index is 718. The van der Waals surface area contributed by atoms with Crippen LogP contribution in [0.25, 0.3) is 0 Å². The van der Waals surface area contributed by atoms with E-state index in [1.807, 2.05) is 31.2 Å². The van der Waals surface area contributed by atoms with Gasteiger partial charge in [-0.1, -0.05) is 37.2 Å². The lowest BCUT2D eigenvalue weighted by Gasteiger charge is -2.07. The van der Waals surface area contributed by atoms with Crippen LogP contribution in [0.1, 0.15) is 19.0 Å². The van der Waals surface area contributed by atoms with Crippen LogP contribution < -0.4 is 10.9 Å². The molecule has 0 spiro atoms. The summed E-state index contributed by atoms with van der Waals surface area (Å²) in [4.78, 5) is 30.5. The summed E-state index contributed by atoms with van der Waals surface area (Å²) in [5.41, 5.74) is 1.28. The largest absolute Gasteiger partial charge is 0.324 e. The van der Waals surface area contributed by atoms with Crippen molar-refractivity contribution in [3.63, 3.8) is 0 Å². The number of nitrogens with one attached hydrogen (secondary N) is 2. The quantitative estimate of drug-likeness (QED) is 0.594. The van der Waals surface area contributed by atoms with Gasteiger partial charge in [0.25, 0.3) is 5.56 Å². The van der Waals surface area contributed by atoms with Crippen LogP contribution in [0.5, 0.6) is 0 Å². The molecule has 0 aliphatic heterocycles. The highest BCUT2D eigenvalue weighted by molar-refractivity contribution is 9.10. The van der Waals surface area contributed by atoms with Gasteiger partial charge in [-0.15, -0.1) is 0 Å². The molecule has 2 N–H and O–H groups in total. The summed E-state index contributed by atoms with van der Waals surface area (Å²) in [7, 11) is 0. The molecule has 0 radical (unpaired) electrons. The Hall–Kier alpha value is -1.60. The van der Waals surface area contributed by atoms with Gasteiger partial charge in [-0.3, -0.25) is 9.59 Å². The number of hydrogen-bond acceptors (Lipinski definition) is 4. The van der Waals surface area contributed by atoms with Crippen LogP contribution in [0.3, 0.4) is 0 Å². The van der Waals surface area contributed by atoms with E-state index in [1.54, 1.807) is 0 Å². The maximum absolute atomic E-state index is 12.0. The van der Waals surface area contributed by atoms with Gasteiger partial charge in [-0.25, -0.2) is 4.98 Å². The van der Waals surface area contributed by atoms with E-state index in [0.717, 1.165) is 23.0 Å². The predicted molar refractivity (Wildman–Crippen MR) is 92.3 cm³/mol. The monoisotopic (exact) mass is 381 g/mol. The van der Waals surface area contributed by atoms with Crippen molar-refractivity contribution in [2.75, 3.05) is 11.1 Å². The minimum Gasteiger partial charge on any atom is -0.324 e. The smallest absolute Gasteiger partial charge is 0.251 e. The Labute approximate surface area is 141 Å². The molecule has 5 nitrogen and oxygen atoms in total. The Morgan fingerprint density at radius 2 is 2.18 bits per heavy atom. The normalized spacial score (nSPS) is 10.5. The first-order chi connectivity index (χ1) is 10.6. The summed E-state index contributed by atoms with van der Waals surface area (Å²) in [6, 6.07) is 8.89. The molecule has 0 aliphatic carbocycles. The number of nitrogens with zero attached hydrogens (tertiary/aromatic N) is 1. The molecule has 0 atom stereocenters. The van der Waals surface area contributed by atoms with E-state index in [-0.39, 0.29) is 17.2 Å². The van der Waals surface area contributed by atoms with Crippen molar-refractivity contribution >= 4 is 39.3 Å². The van der Waals surface area contributed by atoms with Crippen molar-refractivity contribution in [3.05, 3.63) is 50.9 Å². The van der Waals surface area contributed by atoms with E-state index in [9.17, 15) is 9.59 Å². The lowest BCUT2D eigenvalue weighted by atomic mass is 10.2. The second kappa shape index (κ2) is 8.14. The number of amides is 1. The Morgan fingerprint density at radius 3 is 2.91 bits per heavy atom. The van der Waals surface area contributed by atoms with Crippen LogP contribution in [-0.4, -0.2) is 21.6 Å². The fourth-order valence-corrected chi connectivity index (χ4v) is 2.90. The Morgan fingerprint density at radius 1 is 1.41 bits per heavy atom. The van der Waals surface area contributed by atoms with E-state index in [4.69, 9.17) is 0 Å². The molecule has 22 heavy (non-hydrogen) atoms. The second-order valence-corrected chi connectivity index (χ2v) is 6.43. The zero-order chi connectivity index (χ0) is 15.9. The summed E-state index contributed by atoms with van der Waals surface area (Å²) >= 11 is 4.59. The van der Waals surface area contributed by atoms with Gasteiger partial charge in [0, 0.05) is 16.2 Å². The number of para-hydroxylation sites is 1. The third kappa shape index (κ3) is 4.99. The highest BCUT2D eigenvalue weighted by Crippen LogP contribution is 2.21. The van der Waals surface area contributed by atoms with E-state index >= 15 is 0 Å². The van der Waals surface area contributed by atoms with Gasteiger partial charge in [-0.05, 0) is 34.5 Å². The zero-order valence-corrected chi connectivity index (χ0v) is 14.5. The molecule has 116 valence electrons. The third-order valence-electron chi connectivity index (χ3n) is 2.77. The number of aromatic amines is 1. The second-order valence-electron chi connectivity index (χ2n) is 4.61. The standard InChI is InChI=1S/C15H16BrN3O2S/c1-2-5-10-8-13(20)19-15(17-10)22-9-14(21)18-12-7-4-3-6-11(12)16/h3-4,6-8H,2,5,9H2,1H3,(H,18,21)(H,17,19,20). The van der Waals surface area contributed by atoms with Crippen LogP contribution in [0, 0.1) is 0 Å². The van der Waals surface area contributed by atoms with Gasteiger partial charge >= 0.3 is 0 Å². The number of hydrogen-bond donors (Lipinski definition) is 2. The predicted octanol–water partition coefficient (Wildman–Crippen LogP) is 3.22. The molecule has 0 saturated carbocycles. The molecular weight excluding hydrogens is 366 g/mol. The number of rotatable bonds is 6. The van der Waals surface area contributed by atoms with Gasteiger partial charge in [-0.2, -0.15) is 0 Å². The van der Waals surface area contributed by atoms with Crippen LogP contribution in [-0.2, 0) is 11.2 Å². The molecule has 0 saturated heterocycles. The maximum atomic E-state index is 12.0. The van der Waals surface area contributed by atoms with E-state index in [1.165, 1.54) is 17.8 Å². The van der Waals surface area contributed by atoms with Crippen molar-refractivity contribution in [3.8, 4) is 0 Å². The number of halogens is 1. The molecule has 7 heteroatoms. The number of aromatic nitrogens is 2. The third-order valence-corrected chi connectivity index (χ3v) is 4.33. The van der Waals surface area contributed by atoms with Crippen LogP contribution in [0.4, 0.5) is 5.69 Å². The van der Waals surface area contributed by atoms with Gasteiger partial charge in [0.05, 0.1) is 11.4 Å². The summed E-state index contributed by atoms with van der Waals surface area (Å²) in [5.74, 6) is 0.0280. The van der Waals surface area contributed by atoms with Crippen LogP contribution in [0.15, 0.2) is 44.8 Å². The number of thioether (sulfide) groups is 1. The summed E-state index contributed by atoms with van der Waals surface area (Å²) < 4.78 is 0.824. The van der Waals surface area contributed by atoms with Crippen molar-refractivity contribution in [1.29, 1.82) is 0 Å². The number of carbonyl (C=O) groups excluding carboxylic acids is 1. The number of aryl methyl sites for hydroxylation is 1. The molecule has 1 aromatic heterocycles. The molecule has 0 bridgehead atoms. The van der Waals surface area contributed by atoms with Gasteiger partial charge in [0.15, 0.2) is 5.16 Å².